The molecule has 105 heavy (non-hydrogen) atoms. The Labute approximate surface area is 602 Å². The number of aliphatic hydroxyl groups excluding tert-OH is 14. The smallest absolute Gasteiger partial charge is 0.257 e. The summed E-state index contributed by atoms with van der Waals surface area (Å²) in [6, 6.07) is 0. The maximum atomic E-state index is 12.2. The number of aliphatic hydroxyl groups is 14. The molecule has 586 valence electrons. The fourth-order valence-electron chi connectivity index (χ4n) is 10.6. The number of nitrogens with one attached hydrogen (secondary N) is 5. The Kier molecular flexibility index (Phi) is 36.0. The van der Waals surface area contributed by atoms with E-state index in [4.69, 9.17) is 71.5 Å². The number of amides is 15. The third kappa shape index (κ3) is 23.8. The molecule has 0 radical (unpaired) electrons. The number of hydrogen-bond acceptors (Lipinski definition) is 29. The van der Waals surface area contributed by atoms with Gasteiger partial charge in [0.2, 0.25) is 29.5 Å². The zero-order valence-electron chi connectivity index (χ0n) is 59.0. The van der Waals surface area contributed by atoms with Crippen LogP contribution < -0.4 is 26.6 Å². The van der Waals surface area contributed by atoms with E-state index in [1.54, 1.807) is 13.8 Å². The fourth-order valence-corrected chi connectivity index (χ4v) is 10.6. The molecule has 0 aromatic carbocycles. The molecule has 39 nitrogen and oxygen atoms in total. The van der Waals surface area contributed by atoms with Gasteiger partial charge in [-0.3, -0.25) is 96.4 Å². The summed E-state index contributed by atoms with van der Waals surface area (Å²) in [7, 11) is 0. The van der Waals surface area contributed by atoms with Crippen molar-refractivity contribution < 1.29 is 143 Å². The van der Waals surface area contributed by atoms with Crippen LogP contribution in [-0.4, -0.2) is 338 Å². The van der Waals surface area contributed by atoms with Crippen LogP contribution >= 0.6 is 0 Å². The number of rotatable bonds is 34. The van der Waals surface area contributed by atoms with Crippen molar-refractivity contribution in [3.05, 3.63) is 57.2 Å². The maximum absolute atomic E-state index is 12.2. The molecule has 39 heteroatoms. The minimum absolute atomic E-state index is 0.0173. The number of carbonyl (C=O) groups excluding carboxylic acids is 15. The van der Waals surface area contributed by atoms with Gasteiger partial charge in [-0.05, 0) is 79.1 Å². The second-order valence-corrected chi connectivity index (χ2v) is 26.0. The molecule has 0 spiro atoms. The third-order valence-corrected chi connectivity index (χ3v) is 17.9. The van der Waals surface area contributed by atoms with Crippen molar-refractivity contribution in [2.45, 2.75) is 139 Å². The highest BCUT2D eigenvalue weighted by atomic mass is 16.3. The molecule has 2 aliphatic carbocycles. The first-order chi connectivity index (χ1) is 49.6. The molecule has 0 saturated carbocycles. The van der Waals surface area contributed by atoms with Crippen LogP contribution in [0.2, 0.25) is 0 Å². The predicted octanol–water partition coefficient (Wildman–Crippen LogP) is -9.51. The van der Waals surface area contributed by atoms with Gasteiger partial charge in [0.05, 0.1) is 98.0 Å². The van der Waals surface area contributed by atoms with Crippen LogP contribution in [0.1, 0.15) is 111 Å². The van der Waals surface area contributed by atoms with E-state index in [1.165, 1.54) is 19.9 Å². The molecule has 5 aliphatic heterocycles. The Hall–Kier alpha value is -8.81. The normalized spacial score (nSPS) is 16.9. The molecule has 15 amide bonds. The maximum Gasteiger partial charge on any atom is 0.257 e. The van der Waals surface area contributed by atoms with Crippen molar-refractivity contribution in [2.75, 3.05) is 125 Å². The molecule has 0 unspecified atom stereocenters. The van der Waals surface area contributed by atoms with Crippen molar-refractivity contribution in [3.8, 4) is 0 Å². The van der Waals surface area contributed by atoms with Gasteiger partial charge in [-0.1, -0.05) is 0 Å². The minimum atomic E-state index is -1.51. The summed E-state index contributed by atoms with van der Waals surface area (Å²) in [5, 5.41) is 139. The molecule has 0 aromatic rings. The Morgan fingerprint density at radius 2 is 0.543 bits per heavy atom. The summed E-state index contributed by atoms with van der Waals surface area (Å²) in [6.07, 6.45) is 8.75. The molecule has 7 aliphatic rings. The molecule has 0 saturated heterocycles. The minimum Gasteiger partial charge on any atom is -0.394 e. The zero-order chi connectivity index (χ0) is 79.4. The molecular formula is C66H98N10O29. The van der Waals surface area contributed by atoms with E-state index in [9.17, 15) is 71.9 Å². The summed E-state index contributed by atoms with van der Waals surface area (Å²) >= 11 is 0. The summed E-state index contributed by atoms with van der Waals surface area (Å²) in [6.45, 7) is -2.57. The lowest BCUT2D eigenvalue weighted by atomic mass is 9.93. The lowest BCUT2D eigenvalue weighted by Crippen LogP contribution is -2.57. The number of nitrogens with zero attached hydrogens (tertiary/aromatic N) is 5. The van der Waals surface area contributed by atoms with Crippen molar-refractivity contribution in [3.63, 3.8) is 0 Å². The zero-order valence-corrected chi connectivity index (χ0v) is 59.0. The summed E-state index contributed by atoms with van der Waals surface area (Å²) in [5.41, 5.74) is -3.77. The second kappa shape index (κ2) is 41.8. The van der Waals surface area contributed by atoms with Crippen molar-refractivity contribution in [1.82, 2.24) is 51.1 Å². The van der Waals surface area contributed by atoms with Gasteiger partial charge in [0.1, 0.15) is 22.2 Å². The Bertz CT molecular complexity index is 3260. The third-order valence-electron chi connectivity index (χ3n) is 17.9. The van der Waals surface area contributed by atoms with Crippen LogP contribution in [0.15, 0.2) is 57.2 Å². The molecule has 5 heterocycles. The highest BCUT2D eigenvalue weighted by Crippen LogP contribution is 2.34. The van der Waals surface area contributed by atoms with E-state index in [0.29, 0.717) is 64.7 Å². The second-order valence-electron chi connectivity index (χ2n) is 26.0. The summed E-state index contributed by atoms with van der Waals surface area (Å²) in [4.78, 5) is 182. The number of hydrogen-bond donors (Lipinski definition) is 19. The topological polar surface area (TPSA) is 616 Å². The van der Waals surface area contributed by atoms with E-state index in [2.05, 4.69) is 26.6 Å². The van der Waals surface area contributed by atoms with Crippen LogP contribution in [0.25, 0.3) is 0 Å². The summed E-state index contributed by atoms with van der Waals surface area (Å²) < 4.78 is 0. The van der Waals surface area contributed by atoms with Gasteiger partial charge in [-0.15, -0.1) is 0 Å². The molecule has 0 fully saturated rings. The van der Waals surface area contributed by atoms with Gasteiger partial charge in [0, 0.05) is 122 Å². The number of carbonyl (C=O) groups is 15. The van der Waals surface area contributed by atoms with Crippen LogP contribution in [0.3, 0.4) is 0 Å². The van der Waals surface area contributed by atoms with Crippen LogP contribution in [0.5, 0.6) is 0 Å². The Balaban J connectivity index is 0.000000341. The highest BCUT2D eigenvalue weighted by Gasteiger charge is 2.42. The molecule has 19 N–H and O–H groups in total. The number of imide groups is 5. The molecular weight excluding hydrogens is 1400 g/mol. The van der Waals surface area contributed by atoms with Crippen molar-refractivity contribution in [1.29, 1.82) is 0 Å². The van der Waals surface area contributed by atoms with E-state index in [1.807, 2.05) is 0 Å². The average molecular weight is 1500 g/mol. The van der Waals surface area contributed by atoms with Crippen molar-refractivity contribution in [2.24, 2.45) is 0 Å². The van der Waals surface area contributed by atoms with Gasteiger partial charge >= 0.3 is 0 Å². The van der Waals surface area contributed by atoms with Crippen molar-refractivity contribution >= 4 is 88.6 Å². The van der Waals surface area contributed by atoms with Gasteiger partial charge in [0.15, 0.2) is 0 Å². The van der Waals surface area contributed by atoms with Crippen LogP contribution in [0.4, 0.5) is 0 Å². The molecule has 0 atom stereocenters. The van der Waals surface area contributed by atoms with E-state index in [0.717, 1.165) is 62.3 Å². The lowest BCUT2D eigenvalue weighted by molar-refractivity contribution is -0.140. The van der Waals surface area contributed by atoms with Gasteiger partial charge < -0.3 is 98.1 Å². The van der Waals surface area contributed by atoms with E-state index >= 15 is 0 Å². The first-order valence-electron chi connectivity index (χ1n) is 33.4. The first kappa shape index (κ1) is 90.4. The highest BCUT2D eigenvalue weighted by molar-refractivity contribution is 6.21. The largest absolute Gasteiger partial charge is 0.394 e. The van der Waals surface area contributed by atoms with Gasteiger partial charge in [-0.25, -0.2) is 0 Å². The van der Waals surface area contributed by atoms with Crippen LogP contribution in [0, 0.1) is 0 Å². The first-order valence-corrected chi connectivity index (χ1v) is 33.4. The van der Waals surface area contributed by atoms with E-state index in [-0.39, 0.29) is 88.5 Å². The Morgan fingerprint density at radius 3 is 0.771 bits per heavy atom. The molecule has 0 aromatic heterocycles. The summed E-state index contributed by atoms with van der Waals surface area (Å²) in [5.74, 6) is -6.71. The quantitative estimate of drug-likeness (QED) is 0.0266. The van der Waals surface area contributed by atoms with E-state index < -0.39 is 185 Å². The van der Waals surface area contributed by atoms with Gasteiger partial charge in [0.25, 0.3) is 59.1 Å². The SMILES string of the molecule is CC(CO)(CO)NC(=O)CCN1C(=O)C2=C(CCCC2)C1=O.CC1=C(C)C(=O)N(CCC(=O)NC(CO)(CO)CO)C1=O.CC1=CC(=O)N(CCC(=O)NC(CO)(CO)CO)C1=O.O=C(CCN1C(=O)C2=C(CCCC2)C1=O)NC(CO)(CO)CO.O=C(CCN1C(=O)C=CC1=O)NC(CO)(CO)CO. The predicted molar refractivity (Wildman–Crippen MR) is 358 cm³/mol. The Morgan fingerprint density at radius 1 is 0.314 bits per heavy atom. The molecule has 7 rings (SSSR count). The monoisotopic (exact) mass is 1490 g/mol. The van der Waals surface area contributed by atoms with Gasteiger partial charge in [-0.2, -0.15) is 0 Å². The molecule has 0 bridgehead atoms. The van der Waals surface area contributed by atoms with Crippen LogP contribution in [-0.2, 0) is 71.9 Å². The fraction of sp³-hybridized carbons (Fsp3) is 0.621. The lowest BCUT2D eigenvalue weighted by Gasteiger charge is -2.29. The standard InChI is InChI=1S/C15H22N2O6.C15H22N2O5.C13H20N2O6.C12H18N2O6.C11H16N2O6/c18-7-15(8-19,9-20)16-12(21)5-6-17-13(22)10-3-1-2-4-11(10)14(17)23;1-15(8-18,9-19)16-12(20)6-7-17-13(21)10-4-2-3-5-11(10)14(17)22;1-8-9(2)12(21)15(11(8)20)4-3-10(19)14-13(5-16,6-17)7-18;1-8-4-10(19)14(11(8)20)3-2-9(18)13-12(5-15,6-16)7-17;14-5-11(6-15,7-16)12-8(17)3-4-13-9(18)1-2-10(13)19/h18-20H,1-9H2,(H,16,21);18-19H,2-9H2,1H3,(H,16,20);16-18H,3-7H2,1-2H3,(H,14,19);4,15-17H,2-3,5-7H2,1H3,(H,13,18);1-2,14-16H,3-7H2,(H,12,17). The average Bonchev–Trinajstić information content (AvgIpc) is 1.67.